The van der Waals surface area contributed by atoms with E-state index >= 15 is 0 Å². The highest BCUT2D eigenvalue weighted by Crippen LogP contribution is 2.10. The molecule has 10 heavy (non-hydrogen) atoms. The van der Waals surface area contributed by atoms with E-state index in [0.717, 1.165) is 5.38 Å². The molecule has 0 fully saturated rings. The Morgan fingerprint density at radius 3 is 2.10 bits per heavy atom. The number of hydrogen-bond acceptors (Lipinski definition) is 2. The molecule has 0 unspecified atom stereocenters. The second-order valence-corrected chi connectivity index (χ2v) is 8.38. The Morgan fingerprint density at radius 1 is 1.30 bits per heavy atom. The van der Waals surface area contributed by atoms with Crippen molar-refractivity contribution in [2.45, 2.75) is 19.6 Å². The monoisotopic (exact) mass is 156 g/mol. The number of furan rings is 1. The number of hydrogen-bond donors (Lipinski definition) is 1. The van der Waals surface area contributed by atoms with Crippen molar-refractivity contribution in [3.8, 4) is 5.95 Å². The minimum atomic E-state index is -1.34. The van der Waals surface area contributed by atoms with Gasteiger partial charge < -0.3 is 9.52 Å². The van der Waals surface area contributed by atoms with Gasteiger partial charge in [-0.05, 0) is 6.07 Å². The molecule has 1 N–H and O–H groups in total. The molecule has 0 radical (unpaired) electrons. The molecule has 1 rings (SSSR count). The number of aromatic hydroxyl groups is 1. The van der Waals surface area contributed by atoms with Crippen molar-refractivity contribution in [1.82, 2.24) is 0 Å². The van der Waals surface area contributed by atoms with Crippen LogP contribution in [0.5, 0.6) is 5.95 Å². The van der Waals surface area contributed by atoms with Crippen LogP contribution >= 0.6 is 0 Å². The maximum absolute atomic E-state index is 8.87. The lowest BCUT2D eigenvalue weighted by Gasteiger charge is -2.10. The highest BCUT2D eigenvalue weighted by atomic mass is 28.3. The predicted octanol–water partition coefficient (Wildman–Crippen LogP) is 1.53. The van der Waals surface area contributed by atoms with E-state index in [1.807, 2.05) is 6.07 Å². The van der Waals surface area contributed by atoms with Gasteiger partial charge in [0.15, 0.2) is 0 Å². The van der Waals surface area contributed by atoms with E-state index < -0.39 is 8.07 Å². The van der Waals surface area contributed by atoms with Crippen molar-refractivity contribution in [3.05, 3.63) is 12.1 Å². The Morgan fingerprint density at radius 2 is 1.90 bits per heavy atom. The van der Waals surface area contributed by atoms with Crippen LogP contribution in [0.3, 0.4) is 0 Å². The normalized spacial score (nSPS) is 11.9. The van der Waals surface area contributed by atoms with E-state index in [1.165, 1.54) is 0 Å². The fraction of sp³-hybridized carbons (Fsp3) is 0.429. The largest absolute Gasteiger partial charge is 0.481 e. The predicted molar refractivity (Wildman–Crippen MR) is 43.4 cm³/mol. The van der Waals surface area contributed by atoms with Crippen molar-refractivity contribution in [3.63, 3.8) is 0 Å². The van der Waals surface area contributed by atoms with E-state index in [9.17, 15) is 0 Å². The van der Waals surface area contributed by atoms with Gasteiger partial charge >= 0.3 is 0 Å². The number of rotatable bonds is 1. The van der Waals surface area contributed by atoms with Crippen molar-refractivity contribution >= 4 is 13.5 Å². The average molecular weight is 156 g/mol. The average Bonchev–Trinajstić information content (AvgIpc) is 2.11. The topological polar surface area (TPSA) is 33.4 Å². The third kappa shape index (κ3) is 1.42. The maximum Gasteiger partial charge on any atom is 0.281 e. The Balaban J connectivity index is 2.96. The summed E-state index contributed by atoms with van der Waals surface area (Å²) in [4.78, 5) is 0. The second-order valence-electron chi connectivity index (χ2n) is 3.39. The van der Waals surface area contributed by atoms with E-state index in [2.05, 4.69) is 19.6 Å². The van der Waals surface area contributed by atoms with Gasteiger partial charge in [0.05, 0.1) is 5.38 Å². The minimum Gasteiger partial charge on any atom is -0.481 e. The lowest BCUT2D eigenvalue weighted by Crippen LogP contribution is -2.36. The van der Waals surface area contributed by atoms with Crippen molar-refractivity contribution in [2.24, 2.45) is 0 Å². The lowest BCUT2D eigenvalue weighted by molar-refractivity contribution is 0.342. The van der Waals surface area contributed by atoms with Gasteiger partial charge in [-0.2, -0.15) is 0 Å². The molecular weight excluding hydrogens is 144 g/mol. The zero-order valence-corrected chi connectivity index (χ0v) is 7.51. The first-order valence-corrected chi connectivity index (χ1v) is 6.79. The molecule has 0 aromatic carbocycles. The van der Waals surface area contributed by atoms with Crippen LogP contribution in [0.15, 0.2) is 16.5 Å². The highest BCUT2D eigenvalue weighted by molar-refractivity contribution is 6.87. The van der Waals surface area contributed by atoms with Gasteiger partial charge in [0.2, 0.25) is 0 Å². The molecule has 0 bridgehead atoms. The zero-order chi connectivity index (χ0) is 7.78. The second kappa shape index (κ2) is 2.16. The minimum absolute atomic E-state index is 0.0254. The molecule has 0 aliphatic heterocycles. The Hall–Kier alpha value is -0.703. The van der Waals surface area contributed by atoms with Crippen LogP contribution in [0.25, 0.3) is 0 Å². The van der Waals surface area contributed by atoms with E-state index in [1.54, 1.807) is 6.07 Å². The molecule has 1 aromatic rings. The summed E-state index contributed by atoms with van der Waals surface area (Å²) in [7, 11) is -1.34. The summed E-state index contributed by atoms with van der Waals surface area (Å²) in [6, 6.07) is 3.44. The van der Waals surface area contributed by atoms with Crippen molar-refractivity contribution < 1.29 is 9.52 Å². The third-order valence-corrected chi connectivity index (χ3v) is 3.08. The molecular formula is C7H12O2Si. The Bertz CT molecular complexity index is 222. The van der Waals surface area contributed by atoms with Gasteiger partial charge in [0.1, 0.15) is 8.07 Å². The van der Waals surface area contributed by atoms with Crippen LogP contribution < -0.4 is 5.38 Å². The quantitative estimate of drug-likeness (QED) is 0.625. The molecule has 0 saturated heterocycles. The van der Waals surface area contributed by atoms with Crippen molar-refractivity contribution in [1.29, 1.82) is 0 Å². The van der Waals surface area contributed by atoms with Crippen molar-refractivity contribution in [2.75, 3.05) is 0 Å². The van der Waals surface area contributed by atoms with Gasteiger partial charge in [-0.3, -0.25) is 0 Å². The van der Waals surface area contributed by atoms with Crippen LogP contribution in [0.2, 0.25) is 19.6 Å². The molecule has 0 amide bonds. The van der Waals surface area contributed by atoms with Gasteiger partial charge in [0, 0.05) is 6.07 Å². The lowest BCUT2D eigenvalue weighted by atomic mass is 10.7. The summed E-state index contributed by atoms with van der Waals surface area (Å²) in [5.74, 6) is 0.0254. The first-order valence-electron chi connectivity index (χ1n) is 3.29. The van der Waals surface area contributed by atoms with Gasteiger partial charge in [-0.25, -0.2) is 0 Å². The standard InChI is InChI=1S/C7H12O2Si/c1-10(2,3)7-5-4-6(8)9-7/h4-5,8H,1-3H3. The smallest absolute Gasteiger partial charge is 0.281 e. The Kier molecular flexibility index (Phi) is 1.60. The molecule has 0 atom stereocenters. The SMILES string of the molecule is C[Si](C)(C)c1ccc(O)o1. The summed E-state index contributed by atoms with van der Waals surface area (Å²) in [6.45, 7) is 6.52. The summed E-state index contributed by atoms with van der Waals surface area (Å²) in [5, 5.41) is 9.82. The molecule has 1 aromatic heterocycles. The zero-order valence-electron chi connectivity index (χ0n) is 6.51. The molecule has 3 heteroatoms. The summed E-state index contributed by atoms with van der Waals surface area (Å²) < 4.78 is 5.07. The highest BCUT2D eigenvalue weighted by Gasteiger charge is 2.20. The third-order valence-electron chi connectivity index (χ3n) is 1.33. The molecule has 0 saturated carbocycles. The van der Waals surface area contributed by atoms with E-state index in [-0.39, 0.29) is 5.95 Å². The molecule has 56 valence electrons. The fourth-order valence-corrected chi connectivity index (χ4v) is 1.72. The van der Waals surface area contributed by atoms with Gasteiger partial charge in [0.25, 0.3) is 5.95 Å². The summed E-state index contributed by atoms with van der Waals surface area (Å²) in [5.41, 5.74) is 0. The van der Waals surface area contributed by atoms with Crippen LogP contribution in [-0.2, 0) is 0 Å². The molecule has 0 spiro atoms. The summed E-state index contributed by atoms with van der Waals surface area (Å²) in [6.07, 6.45) is 0. The van der Waals surface area contributed by atoms with Crippen LogP contribution in [0.4, 0.5) is 0 Å². The molecule has 0 aliphatic rings. The summed E-state index contributed by atoms with van der Waals surface area (Å²) >= 11 is 0. The van der Waals surface area contributed by atoms with E-state index in [0.29, 0.717) is 0 Å². The van der Waals surface area contributed by atoms with Crippen LogP contribution in [-0.4, -0.2) is 13.2 Å². The molecule has 2 nitrogen and oxygen atoms in total. The first-order chi connectivity index (χ1) is 4.50. The van der Waals surface area contributed by atoms with Crippen LogP contribution in [0.1, 0.15) is 0 Å². The first kappa shape index (κ1) is 7.40. The molecule has 0 aliphatic carbocycles. The maximum atomic E-state index is 8.87. The van der Waals surface area contributed by atoms with E-state index in [4.69, 9.17) is 9.52 Å². The molecule has 1 heterocycles. The Labute approximate surface area is 61.5 Å². The van der Waals surface area contributed by atoms with Gasteiger partial charge in [-0.15, -0.1) is 0 Å². The fourth-order valence-electron chi connectivity index (χ4n) is 0.731. The van der Waals surface area contributed by atoms with Gasteiger partial charge in [-0.1, -0.05) is 19.6 Å². The van der Waals surface area contributed by atoms with Crippen LogP contribution in [0, 0.1) is 0 Å².